The Morgan fingerprint density at radius 2 is 2.29 bits per heavy atom. The molecule has 21 heavy (non-hydrogen) atoms. The zero-order chi connectivity index (χ0) is 14.8. The van der Waals surface area contributed by atoms with Gasteiger partial charge in [0, 0.05) is 24.0 Å². The van der Waals surface area contributed by atoms with E-state index in [4.69, 9.17) is 0 Å². The van der Waals surface area contributed by atoms with E-state index in [1.54, 1.807) is 16.2 Å². The molecule has 0 radical (unpaired) electrons. The molecule has 1 amide bonds. The molecule has 1 N–H and O–H groups in total. The van der Waals surface area contributed by atoms with Gasteiger partial charge >= 0.3 is 0 Å². The first-order chi connectivity index (χ1) is 10.1. The Kier molecular flexibility index (Phi) is 4.03. The summed E-state index contributed by atoms with van der Waals surface area (Å²) in [4.78, 5) is 19.7. The molecule has 1 aliphatic rings. The van der Waals surface area contributed by atoms with Crippen molar-refractivity contribution in [1.29, 1.82) is 0 Å². The molecule has 0 spiro atoms. The summed E-state index contributed by atoms with van der Waals surface area (Å²) in [6.07, 6.45) is 1.04. The molecule has 110 valence electrons. The maximum Gasteiger partial charge on any atom is 0.253 e. The zero-order valence-electron chi connectivity index (χ0n) is 12.3. The predicted molar refractivity (Wildman–Crippen MR) is 84.5 cm³/mol. The van der Waals surface area contributed by atoms with Crippen LogP contribution in [0.25, 0.3) is 0 Å². The molecular weight excluding hydrogens is 282 g/mol. The molecule has 5 heteroatoms. The first kappa shape index (κ1) is 14.2. The van der Waals surface area contributed by atoms with E-state index in [2.05, 4.69) is 16.4 Å². The van der Waals surface area contributed by atoms with Gasteiger partial charge in [0.2, 0.25) is 0 Å². The number of rotatable bonds is 3. The van der Waals surface area contributed by atoms with Crippen LogP contribution in [0.4, 0.5) is 0 Å². The van der Waals surface area contributed by atoms with Gasteiger partial charge in [-0.05, 0) is 43.1 Å². The molecule has 2 aromatic rings. The third-order valence-electron chi connectivity index (χ3n) is 3.91. The van der Waals surface area contributed by atoms with E-state index in [1.165, 1.54) is 11.1 Å². The van der Waals surface area contributed by atoms with Gasteiger partial charge in [-0.25, -0.2) is 4.98 Å². The van der Waals surface area contributed by atoms with Crippen LogP contribution >= 0.6 is 11.3 Å². The summed E-state index contributed by atoms with van der Waals surface area (Å²) in [6.45, 7) is 4.47. The van der Waals surface area contributed by atoms with Gasteiger partial charge < -0.3 is 10.2 Å². The molecule has 1 aliphatic heterocycles. The third kappa shape index (κ3) is 2.99. The average molecular weight is 301 g/mol. The molecule has 0 aliphatic carbocycles. The largest absolute Gasteiger partial charge is 0.336 e. The maximum absolute atomic E-state index is 12.6. The van der Waals surface area contributed by atoms with Gasteiger partial charge in [0.05, 0.1) is 17.7 Å². The molecule has 0 fully saturated rings. The molecule has 0 saturated carbocycles. The highest BCUT2D eigenvalue weighted by atomic mass is 32.1. The van der Waals surface area contributed by atoms with Crippen LogP contribution < -0.4 is 5.32 Å². The Hall–Kier alpha value is -1.72. The highest BCUT2D eigenvalue weighted by Crippen LogP contribution is 2.19. The normalized spacial score (nSPS) is 13.8. The van der Waals surface area contributed by atoms with Crippen LogP contribution in [0.3, 0.4) is 0 Å². The molecule has 2 heterocycles. The fraction of sp³-hybridized carbons (Fsp3) is 0.375. The van der Waals surface area contributed by atoms with Crippen molar-refractivity contribution in [1.82, 2.24) is 15.2 Å². The minimum absolute atomic E-state index is 0.0659. The lowest BCUT2D eigenvalue weighted by atomic mass is 9.98. The van der Waals surface area contributed by atoms with Crippen molar-refractivity contribution in [3.8, 4) is 0 Å². The first-order valence-electron chi connectivity index (χ1n) is 7.12. The topological polar surface area (TPSA) is 45.2 Å². The van der Waals surface area contributed by atoms with Crippen molar-refractivity contribution in [2.24, 2.45) is 0 Å². The molecule has 0 atom stereocenters. The Morgan fingerprint density at radius 1 is 1.43 bits per heavy atom. The van der Waals surface area contributed by atoms with Gasteiger partial charge in [0.25, 0.3) is 5.91 Å². The third-order valence-corrected chi connectivity index (χ3v) is 4.83. The SMILES string of the molecule is Cc1ncsc1CN(C)C(=O)c1ccc2c(c1)CNCC2. The molecule has 1 aromatic heterocycles. The standard InChI is InChI=1S/C16H19N3OS/c1-11-15(21-10-18-11)9-19(2)16(20)13-4-3-12-5-6-17-8-14(12)7-13/h3-4,7,10,17H,5-6,8-9H2,1-2H3. The van der Waals surface area contributed by atoms with E-state index in [0.29, 0.717) is 6.54 Å². The number of thiazole rings is 1. The quantitative estimate of drug-likeness (QED) is 0.946. The molecule has 0 saturated heterocycles. The van der Waals surface area contributed by atoms with Crippen molar-refractivity contribution >= 4 is 17.2 Å². The smallest absolute Gasteiger partial charge is 0.253 e. The number of amides is 1. The molecule has 0 bridgehead atoms. The zero-order valence-corrected chi connectivity index (χ0v) is 13.2. The second-order valence-electron chi connectivity index (χ2n) is 5.43. The second kappa shape index (κ2) is 5.95. The number of carbonyl (C=O) groups excluding carboxylic acids is 1. The molecular formula is C16H19N3OS. The van der Waals surface area contributed by atoms with E-state index >= 15 is 0 Å². The van der Waals surface area contributed by atoms with Gasteiger partial charge in [-0.2, -0.15) is 0 Å². The number of nitrogens with one attached hydrogen (secondary N) is 1. The van der Waals surface area contributed by atoms with E-state index in [0.717, 1.165) is 35.6 Å². The Morgan fingerprint density at radius 3 is 3.05 bits per heavy atom. The summed E-state index contributed by atoms with van der Waals surface area (Å²) in [5, 5.41) is 3.35. The summed E-state index contributed by atoms with van der Waals surface area (Å²) in [5.74, 6) is 0.0659. The van der Waals surface area contributed by atoms with E-state index in [-0.39, 0.29) is 5.91 Å². The highest BCUT2D eigenvalue weighted by molar-refractivity contribution is 7.09. The lowest BCUT2D eigenvalue weighted by Crippen LogP contribution is -2.28. The maximum atomic E-state index is 12.6. The number of carbonyl (C=O) groups is 1. The predicted octanol–water partition coefficient (Wildman–Crippen LogP) is 2.37. The fourth-order valence-electron chi connectivity index (χ4n) is 2.60. The Balaban J connectivity index is 1.76. The van der Waals surface area contributed by atoms with Gasteiger partial charge in [0.15, 0.2) is 0 Å². The van der Waals surface area contributed by atoms with Crippen LogP contribution in [0.1, 0.15) is 32.1 Å². The average Bonchev–Trinajstić information content (AvgIpc) is 2.91. The summed E-state index contributed by atoms with van der Waals surface area (Å²) in [7, 11) is 1.85. The number of hydrogen-bond acceptors (Lipinski definition) is 4. The number of aromatic nitrogens is 1. The molecule has 0 unspecified atom stereocenters. The molecule has 4 nitrogen and oxygen atoms in total. The van der Waals surface area contributed by atoms with Crippen molar-refractivity contribution in [2.75, 3.05) is 13.6 Å². The number of nitrogens with zero attached hydrogens (tertiary/aromatic N) is 2. The summed E-state index contributed by atoms with van der Waals surface area (Å²) >= 11 is 1.60. The summed E-state index contributed by atoms with van der Waals surface area (Å²) in [6, 6.07) is 6.07. The second-order valence-corrected chi connectivity index (χ2v) is 6.37. The number of fused-ring (bicyclic) bond motifs is 1. The van der Waals surface area contributed by atoms with Gasteiger partial charge in [-0.15, -0.1) is 11.3 Å². The van der Waals surface area contributed by atoms with Crippen LogP contribution in [0, 0.1) is 6.92 Å². The minimum atomic E-state index is 0.0659. The van der Waals surface area contributed by atoms with E-state index < -0.39 is 0 Å². The van der Waals surface area contributed by atoms with Crippen molar-refractivity contribution in [2.45, 2.75) is 26.4 Å². The van der Waals surface area contributed by atoms with Crippen LogP contribution in [0.5, 0.6) is 0 Å². The minimum Gasteiger partial charge on any atom is -0.336 e. The van der Waals surface area contributed by atoms with Crippen LogP contribution in [0.2, 0.25) is 0 Å². The van der Waals surface area contributed by atoms with Crippen LogP contribution in [0.15, 0.2) is 23.7 Å². The van der Waals surface area contributed by atoms with Gasteiger partial charge in [0.1, 0.15) is 0 Å². The lowest BCUT2D eigenvalue weighted by molar-refractivity contribution is 0.0786. The van der Waals surface area contributed by atoms with Gasteiger partial charge in [-0.3, -0.25) is 4.79 Å². The lowest BCUT2D eigenvalue weighted by Gasteiger charge is -2.20. The highest BCUT2D eigenvalue weighted by Gasteiger charge is 2.16. The van der Waals surface area contributed by atoms with Gasteiger partial charge in [-0.1, -0.05) is 6.07 Å². The molecule has 1 aromatic carbocycles. The number of benzene rings is 1. The van der Waals surface area contributed by atoms with Crippen LogP contribution in [-0.4, -0.2) is 29.4 Å². The monoisotopic (exact) mass is 301 g/mol. The Labute approximate surface area is 128 Å². The number of hydrogen-bond donors (Lipinski definition) is 1. The van der Waals surface area contributed by atoms with E-state index in [1.807, 2.05) is 31.6 Å². The Bertz CT molecular complexity index is 665. The molecule has 3 rings (SSSR count). The van der Waals surface area contributed by atoms with E-state index in [9.17, 15) is 4.79 Å². The first-order valence-corrected chi connectivity index (χ1v) is 8.00. The number of aryl methyl sites for hydroxylation is 1. The van der Waals surface area contributed by atoms with Crippen molar-refractivity contribution in [3.63, 3.8) is 0 Å². The summed E-state index contributed by atoms with van der Waals surface area (Å²) < 4.78 is 0. The van der Waals surface area contributed by atoms with Crippen LogP contribution in [-0.2, 0) is 19.5 Å². The summed E-state index contributed by atoms with van der Waals surface area (Å²) in [5.41, 5.74) is 6.20. The van der Waals surface area contributed by atoms with Crippen molar-refractivity contribution in [3.05, 3.63) is 51.0 Å². The fourth-order valence-corrected chi connectivity index (χ4v) is 3.43. The van der Waals surface area contributed by atoms with Crippen molar-refractivity contribution < 1.29 is 4.79 Å².